The van der Waals surface area contributed by atoms with Gasteiger partial charge in [-0.2, -0.15) is 0 Å². The highest BCUT2D eigenvalue weighted by Gasteiger charge is 2.23. The van der Waals surface area contributed by atoms with Crippen molar-refractivity contribution < 1.29 is 14.3 Å². The minimum absolute atomic E-state index is 0.111. The zero-order valence-electron chi connectivity index (χ0n) is 18.9. The number of nitrogens with one attached hydrogen (secondary N) is 2. The van der Waals surface area contributed by atoms with Crippen LogP contribution in [-0.2, 0) is 17.7 Å². The van der Waals surface area contributed by atoms with Crippen molar-refractivity contribution in [3.63, 3.8) is 0 Å². The molecule has 3 rings (SSSR count). The Morgan fingerprint density at radius 1 is 1.06 bits per heavy atom. The van der Waals surface area contributed by atoms with Crippen LogP contribution in [0.1, 0.15) is 55.6 Å². The predicted molar refractivity (Wildman–Crippen MR) is 123 cm³/mol. The van der Waals surface area contributed by atoms with Crippen LogP contribution in [0.25, 0.3) is 0 Å². The number of carbonyl (C=O) groups excluding carboxylic acids is 2. The maximum absolute atomic E-state index is 12.6. The van der Waals surface area contributed by atoms with Gasteiger partial charge in [0.15, 0.2) is 0 Å². The lowest BCUT2D eigenvalue weighted by atomic mass is 9.98. The molecule has 6 heteroatoms. The van der Waals surface area contributed by atoms with Crippen LogP contribution in [0, 0.1) is 0 Å². The summed E-state index contributed by atoms with van der Waals surface area (Å²) in [6, 6.07) is 15.7. The van der Waals surface area contributed by atoms with Crippen LogP contribution in [0.15, 0.2) is 48.5 Å². The SMILES string of the molecule is CCC(CNC(=O)c1ccc(NC(=O)OC(C)(C)C)cc1)N1CCc2ccccc2C1. The van der Waals surface area contributed by atoms with Crippen LogP contribution in [0.3, 0.4) is 0 Å². The molecular formula is C25H33N3O3. The standard InChI is InChI=1S/C25H33N3O3/c1-5-22(28-15-14-18-8-6-7-9-20(18)17-28)16-26-23(29)19-10-12-21(13-11-19)27-24(30)31-25(2,3)4/h6-13,22H,5,14-17H2,1-4H3,(H,26,29)(H,27,30). The summed E-state index contributed by atoms with van der Waals surface area (Å²) in [6.07, 6.45) is 1.51. The van der Waals surface area contributed by atoms with Gasteiger partial charge in [-0.3, -0.25) is 15.0 Å². The van der Waals surface area contributed by atoms with Crippen LogP contribution in [0.2, 0.25) is 0 Å². The average molecular weight is 424 g/mol. The van der Waals surface area contributed by atoms with Crippen LogP contribution in [0.5, 0.6) is 0 Å². The first-order valence-electron chi connectivity index (χ1n) is 10.9. The number of hydrogen-bond acceptors (Lipinski definition) is 4. The molecule has 2 aromatic rings. The zero-order valence-corrected chi connectivity index (χ0v) is 18.9. The van der Waals surface area contributed by atoms with E-state index < -0.39 is 11.7 Å². The first-order valence-corrected chi connectivity index (χ1v) is 10.9. The molecule has 1 aliphatic heterocycles. The van der Waals surface area contributed by atoms with Crippen molar-refractivity contribution in [1.29, 1.82) is 0 Å². The van der Waals surface area contributed by atoms with E-state index in [1.807, 2.05) is 20.8 Å². The summed E-state index contributed by atoms with van der Waals surface area (Å²) in [5, 5.41) is 5.75. The summed E-state index contributed by atoms with van der Waals surface area (Å²) in [5.74, 6) is -0.111. The third-order valence-electron chi connectivity index (χ3n) is 5.44. The summed E-state index contributed by atoms with van der Waals surface area (Å²) in [6.45, 7) is 10.1. The van der Waals surface area contributed by atoms with Gasteiger partial charge in [0, 0.05) is 36.9 Å². The highest BCUT2D eigenvalue weighted by atomic mass is 16.6. The van der Waals surface area contributed by atoms with Gasteiger partial charge in [0.25, 0.3) is 5.91 Å². The Kier molecular flexibility index (Phi) is 7.33. The molecule has 2 N–H and O–H groups in total. The topological polar surface area (TPSA) is 70.7 Å². The van der Waals surface area contributed by atoms with Crippen molar-refractivity contribution in [2.75, 3.05) is 18.4 Å². The number of nitrogens with zero attached hydrogens (tertiary/aromatic N) is 1. The lowest BCUT2D eigenvalue weighted by molar-refractivity contribution is 0.0635. The summed E-state index contributed by atoms with van der Waals surface area (Å²) in [5.41, 5.74) is 3.40. The second-order valence-electron chi connectivity index (χ2n) is 8.97. The van der Waals surface area contributed by atoms with Crippen molar-refractivity contribution >= 4 is 17.7 Å². The second kappa shape index (κ2) is 9.96. The second-order valence-corrected chi connectivity index (χ2v) is 8.97. The van der Waals surface area contributed by atoms with E-state index in [9.17, 15) is 9.59 Å². The fourth-order valence-corrected chi connectivity index (χ4v) is 3.80. The van der Waals surface area contributed by atoms with E-state index in [-0.39, 0.29) is 5.91 Å². The Morgan fingerprint density at radius 2 is 1.74 bits per heavy atom. The van der Waals surface area contributed by atoms with Gasteiger partial charge in [0.1, 0.15) is 5.60 Å². The molecular weight excluding hydrogens is 390 g/mol. The third kappa shape index (κ3) is 6.56. The molecule has 6 nitrogen and oxygen atoms in total. The molecule has 1 heterocycles. The Hall–Kier alpha value is -2.86. The monoisotopic (exact) mass is 423 g/mol. The molecule has 0 spiro atoms. The number of carbonyl (C=O) groups is 2. The van der Waals surface area contributed by atoms with Gasteiger partial charge < -0.3 is 10.1 Å². The summed E-state index contributed by atoms with van der Waals surface area (Å²) in [4.78, 5) is 26.9. The van der Waals surface area contributed by atoms with Crippen molar-refractivity contribution in [1.82, 2.24) is 10.2 Å². The van der Waals surface area contributed by atoms with Crippen molar-refractivity contribution in [2.24, 2.45) is 0 Å². The van der Waals surface area contributed by atoms with Crippen LogP contribution >= 0.6 is 0 Å². The molecule has 166 valence electrons. The molecule has 0 bridgehead atoms. The molecule has 1 atom stereocenters. The zero-order chi connectivity index (χ0) is 22.4. The molecule has 0 saturated heterocycles. The largest absolute Gasteiger partial charge is 0.444 e. The van der Waals surface area contributed by atoms with Crippen LogP contribution < -0.4 is 10.6 Å². The molecule has 0 saturated carbocycles. The van der Waals surface area contributed by atoms with Gasteiger partial charge in [-0.1, -0.05) is 31.2 Å². The first-order chi connectivity index (χ1) is 14.7. The molecule has 0 radical (unpaired) electrons. The minimum atomic E-state index is -0.559. The van der Waals surface area contributed by atoms with Crippen LogP contribution in [-0.4, -0.2) is 41.6 Å². The quantitative estimate of drug-likeness (QED) is 0.712. The Labute approximate surface area is 185 Å². The number of ether oxygens (including phenoxy) is 1. The summed E-state index contributed by atoms with van der Waals surface area (Å²) < 4.78 is 5.24. The Balaban J connectivity index is 1.52. The van der Waals surface area contributed by atoms with Gasteiger partial charge in [0.05, 0.1) is 0 Å². The van der Waals surface area contributed by atoms with Crippen molar-refractivity contribution in [2.45, 2.75) is 58.7 Å². The summed E-state index contributed by atoms with van der Waals surface area (Å²) >= 11 is 0. The van der Waals surface area contributed by atoms with Gasteiger partial charge >= 0.3 is 6.09 Å². The summed E-state index contributed by atoms with van der Waals surface area (Å²) in [7, 11) is 0. The minimum Gasteiger partial charge on any atom is -0.444 e. The Morgan fingerprint density at radius 3 is 2.39 bits per heavy atom. The normalized spacial score (nSPS) is 15.0. The molecule has 2 amide bonds. The van der Waals surface area contributed by atoms with E-state index >= 15 is 0 Å². The third-order valence-corrected chi connectivity index (χ3v) is 5.44. The van der Waals surface area contributed by atoms with E-state index in [1.54, 1.807) is 24.3 Å². The van der Waals surface area contributed by atoms with Gasteiger partial charge in [-0.05, 0) is 69.0 Å². The lowest BCUT2D eigenvalue weighted by Gasteiger charge is -2.35. The smallest absolute Gasteiger partial charge is 0.412 e. The number of rotatable bonds is 6. The molecule has 1 unspecified atom stereocenters. The predicted octanol–water partition coefficient (Wildman–Crippen LogP) is 4.60. The fourth-order valence-electron chi connectivity index (χ4n) is 3.80. The van der Waals surface area contributed by atoms with E-state index in [0.717, 1.165) is 25.9 Å². The maximum atomic E-state index is 12.6. The molecule has 0 aliphatic carbocycles. The van der Waals surface area contributed by atoms with E-state index in [4.69, 9.17) is 4.74 Å². The van der Waals surface area contributed by atoms with E-state index in [0.29, 0.717) is 23.8 Å². The number of anilines is 1. The van der Waals surface area contributed by atoms with E-state index in [2.05, 4.69) is 46.7 Å². The van der Waals surface area contributed by atoms with Crippen LogP contribution in [0.4, 0.5) is 10.5 Å². The molecule has 31 heavy (non-hydrogen) atoms. The molecule has 0 fully saturated rings. The number of benzene rings is 2. The number of hydrogen-bond donors (Lipinski definition) is 2. The maximum Gasteiger partial charge on any atom is 0.412 e. The van der Waals surface area contributed by atoms with Crippen molar-refractivity contribution in [3.8, 4) is 0 Å². The lowest BCUT2D eigenvalue weighted by Crippen LogP contribution is -2.45. The van der Waals surface area contributed by atoms with Crippen molar-refractivity contribution in [3.05, 3.63) is 65.2 Å². The van der Waals surface area contributed by atoms with Gasteiger partial charge in [0.2, 0.25) is 0 Å². The highest BCUT2D eigenvalue weighted by molar-refractivity contribution is 5.95. The molecule has 0 aromatic heterocycles. The van der Waals surface area contributed by atoms with E-state index in [1.165, 1.54) is 11.1 Å². The first kappa shape index (κ1) is 22.8. The Bertz CT molecular complexity index is 903. The highest BCUT2D eigenvalue weighted by Crippen LogP contribution is 2.21. The number of amides is 2. The molecule has 1 aliphatic rings. The van der Waals surface area contributed by atoms with Gasteiger partial charge in [-0.25, -0.2) is 4.79 Å². The molecule has 2 aromatic carbocycles. The fraction of sp³-hybridized carbons (Fsp3) is 0.440. The number of fused-ring (bicyclic) bond motifs is 1. The average Bonchev–Trinajstić information content (AvgIpc) is 2.73. The van der Waals surface area contributed by atoms with Gasteiger partial charge in [-0.15, -0.1) is 0 Å².